The molecular weight excluding hydrogens is 378 g/mol. The minimum atomic E-state index is -0.602. The first-order valence-corrected chi connectivity index (χ1v) is 10.5. The highest BCUT2D eigenvalue weighted by molar-refractivity contribution is 5.98. The van der Waals surface area contributed by atoms with Crippen LogP contribution in [0.15, 0.2) is 48.5 Å². The molecule has 6 heteroatoms. The first-order valence-electron chi connectivity index (χ1n) is 10.5. The standard InChI is InChI=1S/C24H29N3O3/c1-16(2)18-6-8-19(9-7-18)22-24(29)26-13-12-25-14-21(26)23(28)27(22)15-17-4-10-20(30-3)11-5-17/h4-11,16,21-22,25H,12-15H2,1-3H3. The Kier molecular flexibility index (Phi) is 5.77. The van der Waals surface area contributed by atoms with Crippen LogP contribution < -0.4 is 10.1 Å². The summed E-state index contributed by atoms with van der Waals surface area (Å²) in [5.41, 5.74) is 3.05. The number of piperazine rings is 2. The first-order chi connectivity index (χ1) is 14.5. The number of amides is 2. The highest BCUT2D eigenvalue weighted by Crippen LogP contribution is 2.33. The summed E-state index contributed by atoms with van der Waals surface area (Å²) in [5, 5.41) is 3.25. The van der Waals surface area contributed by atoms with Crippen molar-refractivity contribution < 1.29 is 14.3 Å². The van der Waals surface area contributed by atoms with E-state index in [0.29, 0.717) is 32.1 Å². The van der Waals surface area contributed by atoms with Crippen LogP contribution in [0.1, 0.15) is 42.5 Å². The number of benzene rings is 2. The fourth-order valence-corrected chi connectivity index (χ4v) is 4.28. The zero-order valence-corrected chi connectivity index (χ0v) is 17.8. The van der Waals surface area contributed by atoms with Crippen LogP contribution in [0.3, 0.4) is 0 Å². The predicted molar refractivity (Wildman–Crippen MR) is 115 cm³/mol. The molecule has 4 rings (SSSR count). The van der Waals surface area contributed by atoms with Crippen molar-refractivity contribution in [3.63, 3.8) is 0 Å². The van der Waals surface area contributed by atoms with Gasteiger partial charge in [0.15, 0.2) is 0 Å². The fraction of sp³-hybridized carbons (Fsp3) is 0.417. The Morgan fingerprint density at radius 3 is 2.37 bits per heavy atom. The van der Waals surface area contributed by atoms with Crippen LogP contribution in [-0.4, -0.2) is 54.4 Å². The average molecular weight is 408 g/mol. The van der Waals surface area contributed by atoms with Gasteiger partial charge in [-0.25, -0.2) is 0 Å². The summed E-state index contributed by atoms with van der Waals surface area (Å²) < 4.78 is 5.24. The number of hydrogen-bond acceptors (Lipinski definition) is 4. The molecule has 0 spiro atoms. The van der Waals surface area contributed by atoms with Gasteiger partial charge >= 0.3 is 0 Å². The number of methoxy groups -OCH3 is 1. The maximum Gasteiger partial charge on any atom is 0.250 e. The highest BCUT2D eigenvalue weighted by atomic mass is 16.5. The van der Waals surface area contributed by atoms with Crippen LogP contribution >= 0.6 is 0 Å². The van der Waals surface area contributed by atoms with Crippen LogP contribution in [0.25, 0.3) is 0 Å². The molecule has 2 saturated heterocycles. The Labute approximate surface area is 177 Å². The Balaban J connectivity index is 1.69. The topological polar surface area (TPSA) is 61.9 Å². The molecule has 1 N–H and O–H groups in total. The monoisotopic (exact) mass is 407 g/mol. The van der Waals surface area contributed by atoms with E-state index >= 15 is 0 Å². The van der Waals surface area contributed by atoms with Gasteiger partial charge in [-0.05, 0) is 34.7 Å². The second kappa shape index (κ2) is 8.48. The Hall–Kier alpha value is -2.86. The lowest BCUT2D eigenvalue weighted by molar-refractivity contribution is -0.164. The van der Waals surface area contributed by atoms with Crippen LogP contribution in [0.4, 0.5) is 0 Å². The number of hydrogen-bond donors (Lipinski definition) is 1. The molecule has 0 bridgehead atoms. The van der Waals surface area contributed by atoms with E-state index in [0.717, 1.165) is 16.9 Å². The van der Waals surface area contributed by atoms with Crippen LogP contribution in [0.2, 0.25) is 0 Å². The molecule has 2 fully saturated rings. The lowest BCUT2D eigenvalue weighted by Crippen LogP contribution is -2.66. The van der Waals surface area contributed by atoms with E-state index < -0.39 is 12.1 Å². The molecule has 0 aliphatic carbocycles. The van der Waals surface area contributed by atoms with Gasteiger partial charge in [0, 0.05) is 26.2 Å². The fourth-order valence-electron chi connectivity index (χ4n) is 4.28. The van der Waals surface area contributed by atoms with Crippen molar-refractivity contribution in [3.8, 4) is 5.75 Å². The van der Waals surface area contributed by atoms with Crippen molar-refractivity contribution in [2.24, 2.45) is 0 Å². The van der Waals surface area contributed by atoms with Crippen LogP contribution in [0, 0.1) is 0 Å². The predicted octanol–water partition coefficient (Wildman–Crippen LogP) is 2.70. The number of nitrogens with zero attached hydrogens (tertiary/aromatic N) is 2. The zero-order chi connectivity index (χ0) is 21.3. The summed E-state index contributed by atoms with van der Waals surface area (Å²) in [6.07, 6.45) is 0. The molecule has 158 valence electrons. The minimum Gasteiger partial charge on any atom is -0.497 e. The molecule has 2 amide bonds. The normalized spacial score (nSPS) is 21.7. The molecule has 6 nitrogen and oxygen atoms in total. The van der Waals surface area contributed by atoms with Crippen molar-refractivity contribution in [1.82, 2.24) is 15.1 Å². The Bertz CT molecular complexity index is 908. The molecule has 0 aromatic heterocycles. The third-order valence-electron chi connectivity index (χ3n) is 6.07. The quantitative estimate of drug-likeness (QED) is 0.828. The van der Waals surface area contributed by atoms with Crippen LogP contribution in [0.5, 0.6) is 5.75 Å². The average Bonchev–Trinajstić information content (AvgIpc) is 2.78. The van der Waals surface area contributed by atoms with Gasteiger partial charge in [0.05, 0.1) is 7.11 Å². The van der Waals surface area contributed by atoms with E-state index in [9.17, 15) is 9.59 Å². The molecule has 2 heterocycles. The van der Waals surface area contributed by atoms with E-state index in [2.05, 4.69) is 31.3 Å². The molecule has 2 unspecified atom stereocenters. The number of carbonyl (C=O) groups is 2. The van der Waals surface area contributed by atoms with Crippen molar-refractivity contribution in [2.45, 2.75) is 38.4 Å². The maximum atomic E-state index is 13.5. The highest BCUT2D eigenvalue weighted by Gasteiger charge is 2.47. The van der Waals surface area contributed by atoms with Gasteiger partial charge in [0.1, 0.15) is 17.8 Å². The number of ether oxygens (including phenoxy) is 1. The Morgan fingerprint density at radius 2 is 1.73 bits per heavy atom. The summed E-state index contributed by atoms with van der Waals surface area (Å²) in [4.78, 5) is 30.5. The van der Waals surface area contributed by atoms with Crippen LogP contribution in [-0.2, 0) is 16.1 Å². The van der Waals surface area contributed by atoms with Gasteiger partial charge in [-0.3, -0.25) is 9.59 Å². The van der Waals surface area contributed by atoms with E-state index in [1.54, 1.807) is 16.9 Å². The third-order valence-corrected chi connectivity index (χ3v) is 6.07. The van der Waals surface area contributed by atoms with E-state index in [-0.39, 0.29) is 11.8 Å². The smallest absolute Gasteiger partial charge is 0.250 e. The Morgan fingerprint density at radius 1 is 1.03 bits per heavy atom. The van der Waals surface area contributed by atoms with E-state index in [1.165, 1.54) is 5.56 Å². The maximum absolute atomic E-state index is 13.5. The van der Waals surface area contributed by atoms with Crippen molar-refractivity contribution in [1.29, 1.82) is 0 Å². The van der Waals surface area contributed by atoms with Gasteiger partial charge < -0.3 is 19.9 Å². The summed E-state index contributed by atoms with van der Waals surface area (Å²) in [6.45, 7) is 6.45. The zero-order valence-electron chi connectivity index (χ0n) is 17.8. The summed E-state index contributed by atoms with van der Waals surface area (Å²) in [7, 11) is 1.63. The third kappa shape index (κ3) is 3.79. The number of fused-ring (bicyclic) bond motifs is 1. The van der Waals surface area contributed by atoms with Crippen molar-refractivity contribution in [2.75, 3.05) is 26.7 Å². The molecule has 2 aliphatic heterocycles. The molecule has 2 atom stereocenters. The van der Waals surface area contributed by atoms with E-state index in [4.69, 9.17) is 4.74 Å². The van der Waals surface area contributed by atoms with Gasteiger partial charge in [0.2, 0.25) is 5.91 Å². The molecule has 2 aromatic carbocycles. The SMILES string of the molecule is COc1ccc(CN2C(=O)C3CNCCN3C(=O)C2c2ccc(C(C)C)cc2)cc1. The lowest BCUT2D eigenvalue weighted by atomic mass is 9.93. The molecule has 2 aromatic rings. The first kappa shape index (κ1) is 20.4. The van der Waals surface area contributed by atoms with Crippen molar-refractivity contribution >= 4 is 11.8 Å². The molecular formula is C24H29N3O3. The molecule has 2 aliphatic rings. The lowest BCUT2D eigenvalue weighted by Gasteiger charge is -2.47. The molecule has 0 radical (unpaired) electrons. The van der Waals surface area contributed by atoms with Gasteiger partial charge in [-0.2, -0.15) is 0 Å². The van der Waals surface area contributed by atoms with E-state index in [1.807, 2.05) is 36.4 Å². The largest absolute Gasteiger partial charge is 0.497 e. The second-order valence-electron chi connectivity index (χ2n) is 8.29. The van der Waals surface area contributed by atoms with Gasteiger partial charge in [-0.15, -0.1) is 0 Å². The van der Waals surface area contributed by atoms with Gasteiger partial charge in [0.25, 0.3) is 5.91 Å². The molecule has 0 saturated carbocycles. The summed E-state index contributed by atoms with van der Waals surface area (Å²) in [6, 6.07) is 14.7. The summed E-state index contributed by atoms with van der Waals surface area (Å²) >= 11 is 0. The number of carbonyl (C=O) groups excluding carboxylic acids is 2. The number of rotatable bonds is 5. The second-order valence-corrected chi connectivity index (χ2v) is 8.29. The summed E-state index contributed by atoms with van der Waals surface area (Å²) in [5.74, 6) is 1.18. The van der Waals surface area contributed by atoms with Crippen molar-refractivity contribution in [3.05, 3.63) is 65.2 Å². The van der Waals surface area contributed by atoms with Gasteiger partial charge in [-0.1, -0.05) is 50.2 Å². The number of nitrogens with one attached hydrogen (secondary N) is 1. The molecule has 30 heavy (non-hydrogen) atoms. The minimum absolute atomic E-state index is 0.00412.